The van der Waals surface area contributed by atoms with Crippen LogP contribution in [0.4, 0.5) is 5.13 Å². The number of aromatic nitrogens is 1. The summed E-state index contributed by atoms with van der Waals surface area (Å²) in [5.74, 6) is 0.700. The van der Waals surface area contributed by atoms with Crippen LogP contribution in [-0.2, 0) is 11.3 Å². The van der Waals surface area contributed by atoms with E-state index in [1.807, 2.05) is 13.0 Å². The Labute approximate surface area is 113 Å². The molecule has 1 unspecified atom stereocenters. The van der Waals surface area contributed by atoms with Gasteiger partial charge in [-0.05, 0) is 19.1 Å². The predicted molar refractivity (Wildman–Crippen MR) is 72.4 cm³/mol. The highest BCUT2D eigenvalue weighted by Crippen LogP contribution is 2.29. The SMILES string of the molecule is CC(Sc1cnc(N)s1)C(=O)NCc1ccco1. The highest BCUT2D eigenvalue weighted by molar-refractivity contribution is 8.02. The van der Waals surface area contributed by atoms with Crippen molar-refractivity contribution in [3.05, 3.63) is 30.4 Å². The Hall–Kier alpha value is -1.47. The fourth-order valence-electron chi connectivity index (χ4n) is 1.29. The molecule has 0 bridgehead atoms. The van der Waals surface area contributed by atoms with Crippen LogP contribution in [0.2, 0.25) is 0 Å². The van der Waals surface area contributed by atoms with Crippen molar-refractivity contribution < 1.29 is 9.21 Å². The third kappa shape index (κ3) is 3.51. The molecule has 1 amide bonds. The quantitative estimate of drug-likeness (QED) is 0.821. The van der Waals surface area contributed by atoms with E-state index in [1.54, 1.807) is 18.5 Å². The van der Waals surface area contributed by atoms with Crippen LogP contribution in [0.1, 0.15) is 12.7 Å². The second kappa shape index (κ2) is 5.92. The molecule has 1 atom stereocenters. The second-order valence-electron chi connectivity index (χ2n) is 3.57. The summed E-state index contributed by atoms with van der Waals surface area (Å²) >= 11 is 2.82. The van der Waals surface area contributed by atoms with Crippen molar-refractivity contribution in [3.63, 3.8) is 0 Å². The van der Waals surface area contributed by atoms with Crippen molar-refractivity contribution >= 4 is 34.1 Å². The van der Waals surface area contributed by atoms with Gasteiger partial charge in [-0.15, -0.1) is 11.8 Å². The van der Waals surface area contributed by atoms with Crippen LogP contribution in [0.3, 0.4) is 0 Å². The van der Waals surface area contributed by atoms with Crippen molar-refractivity contribution in [2.45, 2.75) is 22.9 Å². The summed E-state index contributed by atoms with van der Waals surface area (Å²) in [5, 5.41) is 3.13. The molecule has 0 aliphatic carbocycles. The van der Waals surface area contributed by atoms with Gasteiger partial charge in [0.15, 0.2) is 5.13 Å². The summed E-state index contributed by atoms with van der Waals surface area (Å²) in [6.45, 7) is 2.25. The van der Waals surface area contributed by atoms with E-state index >= 15 is 0 Å². The molecule has 0 saturated carbocycles. The van der Waals surface area contributed by atoms with Gasteiger partial charge >= 0.3 is 0 Å². The standard InChI is InChI=1S/C11H13N3O2S2/c1-7(17-9-6-14-11(12)18-9)10(15)13-5-8-3-2-4-16-8/h2-4,6-7H,5H2,1H3,(H2,12,14)(H,13,15). The first-order chi connectivity index (χ1) is 8.65. The minimum Gasteiger partial charge on any atom is -0.467 e. The molecular weight excluding hydrogens is 270 g/mol. The van der Waals surface area contributed by atoms with Crippen LogP contribution in [0.15, 0.2) is 33.2 Å². The number of carbonyl (C=O) groups is 1. The number of hydrogen-bond donors (Lipinski definition) is 2. The van der Waals surface area contributed by atoms with E-state index in [1.165, 1.54) is 23.1 Å². The molecule has 3 N–H and O–H groups in total. The molecule has 0 aromatic carbocycles. The normalized spacial score (nSPS) is 12.3. The van der Waals surface area contributed by atoms with Gasteiger partial charge in [0.25, 0.3) is 0 Å². The number of nitrogens with two attached hydrogens (primary N) is 1. The zero-order valence-corrected chi connectivity index (χ0v) is 11.4. The maximum absolute atomic E-state index is 11.8. The number of carbonyl (C=O) groups excluding carboxylic acids is 1. The largest absolute Gasteiger partial charge is 0.467 e. The maximum atomic E-state index is 11.8. The average Bonchev–Trinajstić information content (AvgIpc) is 2.97. The third-order valence-electron chi connectivity index (χ3n) is 2.18. The number of nitrogens with zero attached hydrogens (tertiary/aromatic N) is 1. The van der Waals surface area contributed by atoms with Gasteiger partial charge in [0, 0.05) is 0 Å². The lowest BCUT2D eigenvalue weighted by molar-refractivity contribution is -0.120. The molecule has 0 aliphatic heterocycles. The molecule has 0 fully saturated rings. The van der Waals surface area contributed by atoms with Crippen LogP contribution in [0.5, 0.6) is 0 Å². The van der Waals surface area contributed by atoms with E-state index in [0.29, 0.717) is 11.7 Å². The van der Waals surface area contributed by atoms with E-state index in [0.717, 1.165) is 9.97 Å². The second-order valence-corrected chi connectivity index (χ2v) is 6.28. The van der Waals surface area contributed by atoms with Crippen molar-refractivity contribution in [3.8, 4) is 0 Å². The Morgan fingerprint density at radius 1 is 1.72 bits per heavy atom. The number of furan rings is 1. The lowest BCUT2D eigenvalue weighted by Gasteiger charge is -2.09. The molecule has 0 saturated heterocycles. The van der Waals surface area contributed by atoms with E-state index in [2.05, 4.69) is 10.3 Å². The smallest absolute Gasteiger partial charge is 0.233 e. The Morgan fingerprint density at radius 3 is 3.17 bits per heavy atom. The molecule has 2 heterocycles. The number of anilines is 1. The minimum atomic E-state index is -0.195. The molecule has 18 heavy (non-hydrogen) atoms. The maximum Gasteiger partial charge on any atom is 0.233 e. The first-order valence-corrected chi connectivity index (χ1v) is 7.03. The van der Waals surface area contributed by atoms with Crippen LogP contribution in [0, 0.1) is 0 Å². The van der Waals surface area contributed by atoms with Crippen LogP contribution < -0.4 is 11.1 Å². The topological polar surface area (TPSA) is 81.1 Å². The number of rotatable bonds is 5. The highest BCUT2D eigenvalue weighted by Gasteiger charge is 2.15. The fourth-order valence-corrected chi connectivity index (χ4v) is 3.24. The Bertz CT molecular complexity index is 510. The first-order valence-electron chi connectivity index (χ1n) is 5.33. The third-order valence-corrected chi connectivity index (χ3v) is 4.25. The van der Waals surface area contributed by atoms with Gasteiger partial charge in [0.2, 0.25) is 5.91 Å². The number of thiazole rings is 1. The minimum absolute atomic E-state index is 0.0385. The fraction of sp³-hybridized carbons (Fsp3) is 0.273. The summed E-state index contributed by atoms with van der Waals surface area (Å²) in [7, 11) is 0. The Kier molecular flexibility index (Phi) is 4.27. The number of hydrogen-bond acceptors (Lipinski definition) is 6. The molecular formula is C11H13N3O2S2. The molecule has 0 spiro atoms. The van der Waals surface area contributed by atoms with E-state index in [4.69, 9.17) is 10.2 Å². The summed E-state index contributed by atoms with van der Waals surface area (Å²) < 4.78 is 6.08. The van der Waals surface area contributed by atoms with Crippen molar-refractivity contribution in [1.29, 1.82) is 0 Å². The summed E-state index contributed by atoms with van der Waals surface area (Å²) in [4.78, 5) is 15.8. The summed E-state index contributed by atoms with van der Waals surface area (Å²) in [5.41, 5.74) is 5.53. The van der Waals surface area contributed by atoms with E-state index < -0.39 is 0 Å². The number of nitrogen functional groups attached to an aromatic ring is 1. The monoisotopic (exact) mass is 283 g/mol. The molecule has 5 nitrogen and oxygen atoms in total. The summed E-state index contributed by atoms with van der Waals surface area (Å²) in [6, 6.07) is 3.61. The predicted octanol–water partition coefficient (Wildman–Crippen LogP) is 2.12. The van der Waals surface area contributed by atoms with Crippen molar-refractivity contribution in [2.24, 2.45) is 0 Å². The van der Waals surface area contributed by atoms with Crippen molar-refractivity contribution in [1.82, 2.24) is 10.3 Å². The molecule has 2 aromatic heterocycles. The van der Waals surface area contributed by atoms with Crippen LogP contribution in [0.25, 0.3) is 0 Å². The Morgan fingerprint density at radius 2 is 2.56 bits per heavy atom. The number of thioether (sulfide) groups is 1. The molecule has 96 valence electrons. The van der Waals surface area contributed by atoms with Gasteiger partial charge in [-0.25, -0.2) is 4.98 Å². The zero-order chi connectivity index (χ0) is 13.0. The molecule has 2 rings (SSSR count). The van der Waals surface area contributed by atoms with Gasteiger partial charge in [-0.1, -0.05) is 11.3 Å². The van der Waals surface area contributed by atoms with Gasteiger partial charge in [0.1, 0.15) is 5.76 Å². The molecule has 0 radical (unpaired) electrons. The van der Waals surface area contributed by atoms with Crippen molar-refractivity contribution in [2.75, 3.05) is 5.73 Å². The van der Waals surface area contributed by atoms with Gasteiger partial charge < -0.3 is 15.5 Å². The highest BCUT2D eigenvalue weighted by atomic mass is 32.2. The summed E-state index contributed by atoms with van der Waals surface area (Å²) in [6.07, 6.45) is 3.26. The van der Waals surface area contributed by atoms with Crippen LogP contribution in [-0.4, -0.2) is 16.1 Å². The van der Waals surface area contributed by atoms with E-state index in [9.17, 15) is 4.79 Å². The zero-order valence-electron chi connectivity index (χ0n) is 9.75. The molecule has 7 heteroatoms. The van der Waals surface area contributed by atoms with Gasteiger partial charge in [0.05, 0.1) is 28.5 Å². The first kappa shape index (κ1) is 13.0. The lowest BCUT2D eigenvalue weighted by atomic mass is 10.4. The lowest BCUT2D eigenvalue weighted by Crippen LogP contribution is -2.30. The number of nitrogens with one attached hydrogen (secondary N) is 1. The van der Waals surface area contributed by atoms with Gasteiger partial charge in [-0.2, -0.15) is 0 Å². The Balaban J connectivity index is 1.81. The van der Waals surface area contributed by atoms with Crippen LogP contribution >= 0.6 is 23.1 Å². The number of amides is 1. The average molecular weight is 283 g/mol. The van der Waals surface area contributed by atoms with E-state index in [-0.39, 0.29) is 11.2 Å². The van der Waals surface area contributed by atoms with Gasteiger partial charge in [-0.3, -0.25) is 4.79 Å². The molecule has 2 aromatic rings. The molecule has 0 aliphatic rings.